The molecule has 1 atom stereocenters. The summed E-state index contributed by atoms with van der Waals surface area (Å²) < 4.78 is 0. The Morgan fingerprint density at radius 3 is 2.78 bits per heavy atom. The van der Waals surface area contributed by atoms with Gasteiger partial charge in [0.1, 0.15) is 0 Å². The lowest BCUT2D eigenvalue weighted by Crippen LogP contribution is -2.37. The molecule has 0 radical (unpaired) electrons. The summed E-state index contributed by atoms with van der Waals surface area (Å²) in [4.78, 5) is 26.9. The fourth-order valence-corrected chi connectivity index (χ4v) is 3.82. The maximum absolute atomic E-state index is 11.9. The van der Waals surface area contributed by atoms with Gasteiger partial charge in [-0.15, -0.1) is 0 Å². The van der Waals surface area contributed by atoms with E-state index in [0.717, 1.165) is 52.7 Å². The Bertz CT molecular complexity index is 999. The number of aromatic nitrogens is 3. The minimum Gasteiger partial charge on any atom is -0.368 e. The number of hydrogen-bond donors (Lipinski definition) is 1. The van der Waals surface area contributed by atoms with Crippen molar-refractivity contribution in [2.45, 2.75) is 32.6 Å². The number of fused-ring (bicyclic) bond motifs is 1. The van der Waals surface area contributed by atoms with Crippen LogP contribution in [0.4, 0.5) is 5.95 Å². The van der Waals surface area contributed by atoms with Gasteiger partial charge in [-0.05, 0) is 49.1 Å². The van der Waals surface area contributed by atoms with Crippen LogP contribution < -0.4 is 5.73 Å². The highest BCUT2D eigenvalue weighted by atomic mass is 16.2. The molecule has 0 spiro atoms. The summed E-state index contributed by atoms with van der Waals surface area (Å²) in [5.74, 6) is 0.627. The molecule has 0 saturated carbocycles. The maximum atomic E-state index is 11.9. The lowest BCUT2D eigenvalue weighted by Gasteiger charge is -2.32. The summed E-state index contributed by atoms with van der Waals surface area (Å²) in [6.45, 7) is 5.14. The second-order valence-electron chi connectivity index (χ2n) is 7.22. The molecule has 27 heavy (non-hydrogen) atoms. The third-order valence-electron chi connectivity index (χ3n) is 5.28. The zero-order valence-corrected chi connectivity index (χ0v) is 15.6. The fraction of sp³-hybridized carbons (Fsp3) is 0.333. The van der Waals surface area contributed by atoms with Crippen molar-refractivity contribution in [1.29, 1.82) is 0 Å². The number of benzene rings is 1. The maximum Gasteiger partial charge on any atom is 0.220 e. The van der Waals surface area contributed by atoms with E-state index in [1.807, 2.05) is 24.1 Å². The first-order valence-corrected chi connectivity index (χ1v) is 9.26. The number of piperidine rings is 1. The van der Waals surface area contributed by atoms with Crippen molar-refractivity contribution in [3.63, 3.8) is 0 Å². The quantitative estimate of drug-likeness (QED) is 0.757. The number of nitrogen functional groups attached to an aromatic ring is 1. The molecule has 1 saturated heterocycles. The lowest BCUT2D eigenvalue weighted by atomic mass is 9.87. The average Bonchev–Trinajstić information content (AvgIpc) is 2.68. The van der Waals surface area contributed by atoms with E-state index >= 15 is 0 Å². The summed E-state index contributed by atoms with van der Waals surface area (Å²) in [5, 5.41) is 0.956. The molecular formula is C21H23N5O. The Kier molecular flexibility index (Phi) is 4.48. The first-order valence-electron chi connectivity index (χ1n) is 9.26. The second-order valence-corrected chi connectivity index (χ2v) is 7.22. The fourth-order valence-electron chi connectivity index (χ4n) is 3.82. The molecule has 0 bridgehead atoms. The number of pyridine rings is 1. The minimum absolute atomic E-state index is 0.122. The molecule has 2 aromatic heterocycles. The van der Waals surface area contributed by atoms with Crippen LogP contribution in [0.5, 0.6) is 0 Å². The van der Waals surface area contributed by atoms with Gasteiger partial charge < -0.3 is 10.6 Å². The number of aryl methyl sites for hydroxylation is 1. The Morgan fingerprint density at radius 1 is 1.19 bits per heavy atom. The first kappa shape index (κ1) is 17.4. The zero-order chi connectivity index (χ0) is 19.0. The first-order chi connectivity index (χ1) is 13.0. The molecule has 4 rings (SSSR count). The van der Waals surface area contributed by atoms with Gasteiger partial charge in [0, 0.05) is 55.0 Å². The Hall–Kier alpha value is -3.02. The van der Waals surface area contributed by atoms with Crippen molar-refractivity contribution in [3.05, 3.63) is 47.9 Å². The van der Waals surface area contributed by atoms with Crippen molar-refractivity contribution in [2.24, 2.45) is 0 Å². The second kappa shape index (κ2) is 6.95. The predicted octanol–water partition coefficient (Wildman–Crippen LogP) is 3.31. The van der Waals surface area contributed by atoms with Gasteiger partial charge in [-0.3, -0.25) is 9.78 Å². The van der Waals surface area contributed by atoms with Crippen LogP contribution in [-0.2, 0) is 4.79 Å². The van der Waals surface area contributed by atoms with Crippen molar-refractivity contribution in [3.8, 4) is 11.1 Å². The van der Waals surface area contributed by atoms with E-state index in [1.165, 1.54) is 0 Å². The number of carbonyl (C=O) groups excluding carboxylic acids is 1. The van der Waals surface area contributed by atoms with Gasteiger partial charge in [0.15, 0.2) is 0 Å². The van der Waals surface area contributed by atoms with Gasteiger partial charge >= 0.3 is 0 Å². The van der Waals surface area contributed by atoms with Gasteiger partial charge in [-0.2, -0.15) is 0 Å². The van der Waals surface area contributed by atoms with Gasteiger partial charge in [0.25, 0.3) is 0 Å². The number of amides is 1. The van der Waals surface area contributed by atoms with Gasteiger partial charge in [-0.25, -0.2) is 9.97 Å². The van der Waals surface area contributed by atoms with E-state index in [0.29, 0.717) is 6.54 Å². The minimum atomic E-state index is 0.122. The molecule has 6 heteroatoms. The van der Waals surface area contributed by atoms with E-state index in [-0.39, 0.29) is 17.8 Å². The molecule has 1 unspecified atom stereocenters. The molecule has 1 amide bonds. The Morgan fingerprint density at radius 2 is 2.04 bits per heavy atom. The normalized spacial score (nSPS) is 17.3. The molecule has 1 aliphatic heterocycles. The summed E-state index contributed by atoms with van der Waals surface area (Å²) >= 11 is 0. The average molecular weight is 361 g/mol. The highest BCUT2D eigenvalue weighted by molar-refractivity contribution is 5.88. The molecule has 1 aliphatic rings. The molecule has 6 nitrogen and oxygen atoms in total. The summed E-state index contributed by atoms with van der Waals surface area (Å²) in [6, 6.07) is 8.34. The molecule has 2 N–H and O–H groups in total. The number of nitrogens with two attached hydrogens (primary N) is 1. The molecule has 3 aromatic rings. The monoisotopic (exact) mass is 361 g/mol. The van der Waals surface area contributed by atoms with Crippen LogP contribution in [0.2, 0.25) is 0 Å². The van der Waals surface area contributed by atoms with Crippen LogP contribution in [0, 0.1) is 6.92 Å². The van der Waals surface area contributed by atoms with Crippen LogP contribution in [0.25, 0.3) is 22.0 Å². The lowest BCUT2D eigenvalue weighted by molar-refractivity contribution is -0.130. The number of carbonyl (C=O) groups is 1. The predicted molar refractivity (Wildman–Crippen MR) is 106 cm³/mol. The van der Waals surface area contributed by atoms with Crippen LogP contribution in [-0.4, -0.2) is 38.8 Å². The van der Waals surface area contributed by atoms with Crippen molar-refractivity contribution in [2.75, 3.05) is 18.8 Å². The van der Waals surface area contributed by atoms with Gasteiger partial charge in [0.05, 0.1) is 5.52 Å². The molecule has 1 aromatic carbocycles. The Balaban J connectivity index is 1.85. The number of likely N-dealkylation sites (tertiary alicyclic amines) is 1. The van der Waals surface area contributed by atoms with E-state index in [1.54, 1.807) is 13.1 Å². The SMILES string of the molecule is CC(=O)N1CCCC(c2cc(-c3ccc(C)nc3)cc3cnc(N)nc23)C1. The zero-order valence-electron chi connectivity index (χ0n) is 15.6. The van der Waals surface area contributed by atoms with Crippen molar-refractivity contribution < 1.29 is 4.79 Å². The largest absolute Gasteiger partial charge is 0.368 e. The molecule has 1 fully saturated rings. The molecule has 3 heterocycles. The summed E-state index contributed by atoms with van der Waals surface area (Å²) in [6.07, 6.45) is 5.68. The van der Waals surface area contributed by atoms with Crippen LogP contribution >= 0.6 is 0 Å². The van der Waals surface area contributed by atoms with Crippen molar-refractivity contribution >= 4 is 22.8 Å². The van der Waals surface area contributed by atoms with Gasteiger partial charge in [-0.1, -0.05) is 6.07 Å². The summed E-state index contributed by atoms with van der Waals surface area (Å²) in [7, 11) is 0. The summed E-state index contributed by atoms with van der Waals surface area (Å²) in [5.41, 5.74) is 11.0. The smallest absolute Gasteiger partial charge is 0.220 e. The highest BCUT2D eigenvalue weighted by Gasteiger charge is 2.25. The van der Waals surface area contributed by atoms with Gasteiger partial charge in [0.2, 0.25) is 11.9 Å². The highest BCUT2D eigenvalue weighted by Crippen LogP contribution is 2.35. The molecule has 0 aliphatic carbocycles. The third kappa shape index (κ3) is 3.47. The topological polar surface area (TPSA) is 85.0 Å². The van der Waals surface area contributed by atoms with E-state index in [9.17, 15) is 4.79 Å². The van der Waals surface area contributed by atoms with Crippen molar-refractivity contribution in [1.82, 2.24) is 19.9 Å². The number of rotatable bonds is 2. The molecule has 138 valence electrons. The third-order valence-corrected chi connectivity index (χ3v) is 5.28. The van der Waals surface area contributed by atoms with E-state index < -0.39 is 0 Å². The van der Waals surface area contributed by atoms with Crippen LogP contribution in [0.1, 0.15) is 36.9 Å². The number of anilines is 1. The van der Waals surface area contributed by atoms with Crippen LogP contribution in [0.15, 0.2) is 36.7 Å². The van der Waals surface area contributed by atoms with Crippen LogP contribution in [0.3, 0.4) is 0 Å². The molecular weight excluding hydrogens is 338 g/mol. The Labute approximate surface area is 158 Å². The number of hydrogen-bond acceptors (Lipinski definition) is 5. The number of nitrogens with zero attached hydrogens (tertiary/aromatic N) is 4. The van der Waals surface area contributed by atoms with E-state index in [2.05, 4.69) is 33.2 Å². The van der Waals surface area contributed by atoms with E-state index in [4.69, 9.17) is 5.73 Å². The standard InChI is InChI=1S/C21H23N5O/c1-13-5-6-15(10-23-13)17-8-18-11-24-21(22)25-20(18)19(9-17)16-4-3-7-26(12-16)14(2)27/h5-6,8-11,16H,3-4,7,12H2,1-2H3,(H2,22,24,25).